The maximum atomic E-state index is 13.7. The number of allylic oxidation sites excluding steroid dienone is 3. The lowest BCUT2D eigenvalue weighted by atomic mass is 9.71. The molecule has 1 saturated carbocycles. The number of ether oxygens (including phenoxy) is 1. The van der Waals surface area contributed by atoms with E-state index in [4.69, 9.17) is 16.3 Å². The zero-order valence-corrected chi connectivity index (χ0v) is 20.2. The van der Waals surface area contributed by atoms with Gasteiger partial charge in [0.15, 0.2) is 5.78 Å². The van der Waals surface area contributed by atoms with Crippen molar-refractivity contribution in [2.45, 2.75) is 69.8 Å². The number of ketones is 1. The number of halogens is 1. The van der Waals surface area contributed by atoms with Gasteiger partial charge in [0.05, 0.1) is 5.57 Å². The smallest absolute Gasteiger partial charge is 0.337 e. The molecule has 1 heterocycles. The first-order chi connectivity index (χ1) is 16.5. The minimum absolute atomic E-state index is 0.0583. The van der Waals surface area contributed by atoms with Crippen LogP contribution < -0.4 is 5.32 Å². The topological polar surface area (TPSA) is 55.4 Å². The van der Waals surface area contributed by atoms with E-state index in [9.17, 15) is 9.59 Å². The summed E-state index contributed by atoms with van der Waals surface area (Å²) in [5.41, 5.74) is 4.72. The van der Waals surface area contributed by atoms with Gasteiger partial charge in [-0.3, -0.25) is 4.79 Å². The normalized spacial score (nSPS) is 23.4. The van der Waals surface area contributed by atoms with Crippen LogP contribution in [-0.2, 0) is 14.3 Å². The second-order valence-corrected chi connectivity index (χ2v) is 10.0. The zero-order valence-electron chi connectivity index (χ0n) is 19.5. The minimum Gasteiger partial charge on any atom is -0.459 e. The van der Waals surface area contributed by atoms with E-state index in [1.54, 1.807) is 0 Å². The maximum Gasteiger partial charge on any atom is 0.337 e. The Bertz CT molecular complexity index is 1160. The minimum atomic E-state index is -0.523. The molecule has 4 nitrogen and oxygen atoms in total. The van der Waals surface area contributed by atoms with Crippen molar-refractivity contribution in [1.82, 2.24) is 5.32 Å². The lowest BCUT2D eigenvalue weighted by molar-refractivity contribution is -0.146. The number of esters is 1. The van der Waals surface area contributed by atoms with E-state index >= 15 is 0 Å². The average molecular weight is 476 g/mol. The van der Waals surface area contributed by atoms with Gasteiger partial charge >= 0.3 is 5.97 Å². The van der Waals surface area contributed by atoms with Crippen LogP contribution in [0.5, 0.6) is 0 Å². The molecule has 2 atom stereocenters. The van der Waals surface area contributed by atoms with Gasteiger partial charge in [-0.1, -0.05) is 66.6 Å². The van der Waals surface area contributed by atoms with Crippen LogP contribution in [0.3, 0.4) is 0 Å². The molecule has 5 heteroatoms. The summed E-state index contributed by atoms with van der Waals surface area (Å²) in [5.74, 6) is -0.699. The first-order valence-electron chi connectivity index (χ1n) is 12.3. The molecule has 0 amide bonds. The molecule has 176 valence electrons. The van der Waals surface area contributed by atoms with Crippen molar-refractivity contribution in [1.29, 1.82) is 0 Å². The molecule has 3 aliphatic rings. The molecule has 0 unspecified atom stereocenters. The van der Waals surface area contributed by atoms with E-state index < -0.39 is 5.92 Å². The van der Waals surface area contributed by atoms with Crippen molar-refractivity contribution in [2.75, 3.05) is 0 Å². The van der Waals surface area contributed by atoms with E-state index in [2.05, 4.69) is 17.4 Å². The predicted molar refractivity (Wildman–Crippen MR) is 133 cm³/mol. The second-order valence-electron chi connectivity index (χ2n) is 9.61. The Morgan fingerprint density at radius 3 is 2.41 bits per heavy atom. The number of carbonyl (C=O) groups is 2. The Morgan fingerprint density at radius 2 is 1.68 bits per heavy atom. The van der Waals surface area contributed by atoms with Crippen molar-refractivity contribution >= 4 is 23.4 Å². The van der Waals surface area contributed by atoms with Crippen LogP contribution in [0.2, 0.25) is 5.02 Å². The SMILES string of the molecule is CC1=C(C(=O)OC2CCCCC2)[C@@H](c2ccccc2Cl)C2=C(C[C@@H](c3ccccc3)CC2=O)N1. The fourth-order valence-electron chi connectivity index (χ4n) is 5.69. The van der Waals surface area contributed by atoms with Gasteiger partial charge in [-0.15, -0.1) is 0 Å². The summed E-state index contributed by atoms with van der Waals surface area (Å²) in [6.45, 7) is 1.90. The molecule has 5 rings (SSSR count). The fraction of sp³-hybridized carbons (Fsp3) is 0.379. The Morgan fingerprint density at radius 1 is 0.971 bits per heavy atom. The molecule has 0 radical (unpaired) electrons. The highest BCUT2D eigenvalue weighted by Crippen LogP contribution is 2.47. The number of nitrogens with one attached hydrogen (secondary N) is 1. The Labute approximate surface area is 206 Å². The van der Waals surface area contributed by atoms with Crippen molar-refractivity contribution in [3.8, 4) is 0 Å². The Kier molecular flexibility index (Phi) is 6.60. The van der Waals surface area contributed by atoms with Crippen LogP contribution in [-0.4, -0.2) is 17.9 Å². The maximum absolute atomic E-state index is 13.7. The second kappa shape index (κ2) is 9.79. The van der Waals surface area contributed by atoms with Gasteiger partial charge in [-0.05, 0) is 62.1 Å². The highest BCUT2D eigenvalue weighted by atomic mass is 35.5. The Balaban J connectivity index is 1.54. The molecule has 1 aliphatic heterocycles. The van der Waals surface area contributed by atoms with E-state index in [-0.39, 0.29) is 23.8 Å². The van der Waals surface area contributed by atoms with Crippen LogP contribution in [0.1, 0.15) is 74.8 Å². The number of dihydropyridines is 1. The monoisotopic (exact) mass is 475 g/mol. The van der Waals surface area contributed by atoms with Crippen LogP contribution in [0.25, 0.3) is 0 Å². The van der Waals surface area contributed by atoms with E-state index in [0.717, 1.165) is 48.2 Å². The Hall–Kier alpha value is -2.85. The molecule has 2 aromatic rings. The van der Waals surface area contributed by atoms with Crippen LogP contribution >= 0.6 is 11.6 Å². The molecule has 2 aliphatic carbocycles. The predicted octanol–water partition coefficient (Wildman–Crippen LogP) is 6.58. The molecular formula is C29H30ClNO3. The van der Waals surface area contributed by atoms with Crippen LogP contribution in [0.4, 0.5) is 0 Å². The standard InChI is InChI=1S/C29H30ClNO3/c1-18-26(29(33)34-21-12-6-3-7-13-21)27(22-14-8-9-15-23(22)30)28-24(31-18)16-20(17-25(28)32)19-10-4-2-5-11-19/h2,4-5,8-11,14-15,20-21,27,31H,3,6-7,12-13,16-17H2,1H3/t20-,27-/m1/s1. The summed E-state index contributed by atoms with van der Waals surface area (Å²) in [5, 5.41) is 3.98. The number of carbonyl (C=O) groups excluding carboxylic acids is 2. The fourth-order valence-corrected chi connectivity index (χ4v) is 5.93. The van der Waals surface area contributed by atoms with Gasteiger partial charge in [-0.2, -0.15) is 0 Å². The summed E-state index contributed by atoms with van der Waals surface area (Å²) in [6.07, 6.45) is 6.21. The van der Waals surface area contributed by atoms with Gasteiger partial charge in [0.2, 0.25) is 0 Å². The average Bonchev–Trinajstić information content (AvgIpc) is 2.84. The van der Waals surface area contributed by atoms with Gasteiger partial charge in [-0.25, -0.2) is 4.79 Å². The number of Topliss-reactive ketones (excluding diaryl/α,β-unsaturated/α-hetero) is 1. The summed E-state index contributed by atoms with van der Waals surface area (Å²) in [7, 11) is 0. The van der Waals surface area contributed by atoms with Gasteiger partial charge < -0.3 is 10.1 Å². The van der Waals surface area contributed by atoms with Crippen molar-refractivity contribution < 1.29 is 14.3 Å². The third kappa shape index (κ3) is 4.44. The lowest BCUT2D eigenvalue weighted by Gasteiger charge is -2.37. The third-order valence-electron chi connectivity index (χ3n) is 7.36. The first-order valence-corrected chi connectivity index (χ1v) is 12.6. The lowest BCUT2D eigenvalue weighted by Crippen LogP contribution is -2.37. The third-order valence-corrected chi connectivity index (χ3v) is 7.70. The molecular weight excluding hydrogens is 446 g/mol. The molecule has 0 aromatic heterocycles. The summed E-state index contributed by atoms with van der Waals surface area (Å²) < 4.78 is 5.98. The van der Waals surface area contributed by atoms with E-state index in [1.165, 1.54) is 6.42 Å². The molecule has 34 heavy (non-hydrogen) atoms. The number of hydrogen-bond acceptors (Lipinski definition) is 4. The molecule has 0 spiro atoms. The molecule has 0 bridgehead atoms. The van der Waals surface area contributed by atoms with E-state index in [0.29, 0.717) is 29.0 Å². The highest BCUT2D eigenvalue weighted by Gasteiger charge is 2.42. The summed E-state index contributed by atoms with van der Waals surface area (Å²) >= 11 is 6.64. The highest BCUT2D eigenvalue weighted by molar-refractivity contribution is 6.31. The zero-order chi connectivity index (χ0) is 23.7. The molecule has 1 N–H and O–H groups in total. The summed E-state index contributed by atoms with van der Waals surface area (Å²) in [6, 6.07) is 17.7. The van der Waals surface area contributed by atoms with Gasteiger partial charge in [0.25, 0.3) is 0 Å². The quantitative estimate of drug-likeness (QED) is 0.507. The van der Waals surface area contributed by atoms with Gasteiger partial charge in [0, 0.05) is 34.3 Å². The first kappa shape index (κ1) is 22.9. The van der Waals surface area contributed by atoms with Crippen molar-refractivity contribution in [3.05, 3.63) is 93.3 Å². The van der Waals surface area contributed by atoms with Gasteiger partial charge in [0.1, 0.15) is 6.10 Å². The molecule has 1 fully saturated rings. The molecule has 2 aromatic carbocycles. The number of hydrogen-bond donors (Lipinski definition) is 1. The largest absolute Gasteiger partial charge is 0.459 e. The summed E-state index contributed by atoms with van der Waals surface area (Å²) in [4.78, 5) is 27.2. The number of benzene rings is 2. The molecule has 0 saturated heterocycles. The van der Waals surface area contributed by atoms with Crippen molar-refractivity contribution in [2.24, 2.45) is 0 Å². The van der Waals surface area contributed by atoms with Crippen LogP contribution in [0, 0.1) is 0 Å². The van der Waals surface area contributed by atoms with E-state index in [1.807, 2.05) is 49.4 Å². The van der Waals surface area contributed by atoms with Crippen LogP contribution in [0.15, 0.2) is 77.1 Å². The number of rotatable bonds is 4. The van der Waals surface area contributed by atoms with Crippen molar-refractivity contribution in [3.63, 3.8) is 0 Å².